The molecule has 2 rings (SSSR count). The molecule has 1 N–H and O–H groups in total. The van der Waals surface area contributed by atoms with Crippen LogP contribution < -0.4 is 4.72 Å². The van der Waals surface area contributed by atoms with E-state index < -0.39 is 10.0 Å². The molecule has 0 aromatic carbocycles. The molecule has 0 radical (unpaired) electrons. The summed E-state index contributed by atoms with van der Waals surface area (Å²) in [6.45, 7) is 5.51. The van der Waals surface area contributed by atoms with Crippen LogP contribution in [0.5, 0.6) is 0 Å². The van der Waals surface area contributed by atoms with Gasteiger partial charge in [-0.2, -0.15) is 0 Å². The van der Waals surface area contributed by atoms with E-state index >= 15 is 0 Å². The van der Waals surface area contributed by atoms with E-state index in [9.17, 15) is 8.42 Å². The highest BCUT2D eigenvalue weighted by Gasteiger charge is 2.18. The van der Waals surface area contributed by atoms with Crippen molar-refractivity contribution in [2.24, 2.45) is 0 Å². The van der Waals surface area contributed by atoms with Gasteiger partial charge in [-0.05, 0) is 32.1 Å². The summed E-state index contributed by atoms with van der Waals surface area (Å²) in [5.74, 6) is 0. The molecule has 0 saturated carbocycles. The zero-order valence-corrected chi connectivity index (χ0v) is 13.7. The molecule has 2 heterocycles. The summed E-state index contributed by atoms with van der Waals surface area (Å²) in [6, 6.07) is 3.02. The molecule has 0 spiro atoms. The molecule has 1 aliphatic heterocycles. The van der Waals surface area contributed by atoms with Gasteiger partial charge in [0.2, 0.25) is 10.0 Å². The van der Waals surface area contributed by atoms with Gasteiger partial charge in [0.15, 0.2) is 0 Å². The van der Waals surface area contributed by atoms with Gasteiger partial charge in [-0.25, -0.2) is 18.1 Å². The number of pyridine rings is 1. The van der Waals surface area contributed by atoms with Crippen molar-refractivity contribution in [3.63, 3.8) is 0 Å². The Bertz CT molecular complexity index is 559. The van der Waals surface area contributed by atoms with Crippen LogP contribution >= 0.6 is 11.6 Å². The normalized spacial score (nSPS) is 18.0. The highest BCUT2D eigenvalue weighted by molar-refractivity contribution is 7.89. The van der Waals surface area contributed by atoms with E-state index in [-0.39, 0.29) is 10.0 Å². The molecule has 21 heavy (non-hydrogen) atoms. The van der Waals surface area contributed by atoms with E-state index in [1.807, 2.05) is 0 Å². The Morgan fingerprint density at radius 2 is 2.05 bits per heavy atom. The van der Waals surface area contributed by atoms with E-state index in [0.717, 1.165) is 39.1 Å². The number of hydrogen-bond donors (Lipinski definition) is 1. The van der Waals surface area contributed by atoms with E-state index in [4.69, 9.17) is 11.6 Å². The standard InChI is InChI=1S/C13H21ClN4O2S/c1-17-8-10-18(11-9-17)7-3-6-16-21(19,20)12-4-2-5-15-13(12)14/h2,4-5,16H,3,6-11H2,1H3. The first kappa shape index (κ1) is 16.6. The van der Waals surface area contributed by atoms with E-state index in [2.05, 4.69) is 26.6 Å². The van der Waals surface area contributed by atoms with Crippen LogP contribution in [0.1, 0.15) is 6.42 Å². The summed E-state index contributed by atoms with van der Waals surface area (Å²) in [5, 5.41) is 0.00377. The molecule has 0 aliphatic carbocycles. The lowest BCUT2D eigenvalue weighted by Gasteiger charge is -2.32. The Hall–Kier alpha value is -0.730. The van der Waals surface area contributed by atoms with Crippen LogP contribution in [-0.2, 0) is 10.0 Å². The quantitative estimate of drug-likeness (QED) is 0.612. The molecule has 118 valence electrons. The van der Waals surface area contributed by atoms with Crippen molar-refractivity contribution < 1.29 is 8.42 Å². The van der Waals surface area contributed by atoms with Crippen molar-refractivity contribution in [1.29, 1.82) is 0 Å². The Labute approximate surface area is 131 Å². The SMILES string of the molecule is CN1CCN(CCCNS(=O)(=O)c2cccnc2Cl)CC1. The Morgan fingerprint density at radius 1 is 1.33 bits per heavy atom. The number of piperazine rings is 1. The number of aromatic nitrogens is 1. The molecule has 0 amide bonds. The average molecular weight is 333 g/mol. The molecular weight excluding hydrogens is 312 g/mol. The van der Waals surface area contributed by atoms with Gasteiger partial charge in [0.05, 0.1) is 0 Å². The molecule has 1 aromatic heterocycles. The molecule has 1 fully saturated rings. The smallest absolute Gasteiger partial charge is 0.243 e. The monoisotopic (exact) mass is 332 g/mol. The van der Waals surface area contributed by atoms with Gasteiger partial charge >= 0.3 is 0 Å². The average Bonchev–Trinajstić information content (AvgIpc) is 2.46. The highest BCUT2D eigenvalue weighted by Crippen LogP contribution is 2.17. The van der Waals surface area contributed by atoms with E-state index in [0.29, 0.717) is 6.54 Å². The van der Waals surface area contributed by atoms with Crippen molar-refractivity contribution in [3.8, 4) is 0 Å². The third kappa shape index (κ3) is 4.89. The Balaban J connectivity index is 1.77. The first-order valence-electron chi connectivity index (χ1n) is 7.00. The number of hydrogen-bond acceptors (Lipinski definition) is 5. The first-order chi connectivity index (χ1) is 9.99. The fraction of sp³-hybridized carbons (Fsp3) is 0.615. The van der Waals surface area contributed by atoms with Crippen molar-refractivity contribution in [3.05, 3.63) is 23.5 Å². The number of halogens is 1. The second kappa shape index (κ2) is 7.51. The first-order valence-corrected chi connectivity index (χ1v) is 8.86. The highest BCUT2D eigenvalue weighted by atomic mass is 35.5. The lowest BCUT2D eigenvalue weighted by Crippen LogP contribution is -2.45. The van der Waals surface area contributed by atoms with Crippen molar-refractivity contribution in [2.75, 3.05) is 46.3 Å². The van der Waals surface area contributed by atoms with E-state index in [1.165, 1.54) is 12.3 Å². The van der Waals surface area contributed by atoms with E-state index in [1.54, 1.807) is 6.07 Å². The van der Waals surface area contributed by atoms with Crippen molar-refractivity contribution >= 4 is 21.6 Å². The fourth-order valence-electron chi connectivity index (χ4n) is 2.23. The van der Waals surface area contributed by atoms with Gasteiger partial charge in [0.25, 0.3) is 0 Å². The lowest BCUT2D eigenvalue weighted by molar-refractivity contribution is 0.153. The molecule has 1 saturated heterocycles. The molecule has 0 bridgehead atoms. The summed E-state index contributed by atoms with van der Waals surface area (Å²) < 4.78 is 26.8. The molecule has 6 nitrogen and oxygen atoms in total. The van der Waals surface area contributed by atoms with Gasteiger partial charge < -0.3 is 9.80 Å². The lowest BCUT2D eigenvalue weighted by atomic mass is 10.3. The predicted molar refractivity (Wildman–Crippen MR) is 83.0 cm³/mol. The van der Waals surface area contributed by atoms with Gasteiger partial charge in [-0.3, -0.25) is 0 Å². The maximum absolute atomic E-state index is 12.1. The number of sulfonamides is 1. The van der Waals surface area contributed by atoms with Gasteiger partial charge in [0, 0.05) is 38.9 Å². The summed E-state index contributed by atoms with van der Waals surface area (Å²) in [7, 11) is -1.46. The molecule has 8 heteroatoms. The minimum Gasteiger partial charge on any atom is -0.304 e. The molecule has 0 unspecified atom stereocenters. The minimum absolute atomic E-state index is 0.00377. The number of nitrogens with zero attached hydrogens (tertiary/aromatic N) is 3. The fourth-order valence-corrected chi connectivity index (χ4v) is 3.75. The van der Waals surface area contributed by atoms with Crippen molar-refractivity contribution in [1.82, 2.24) is 19.5 Å². The van der Waals surface area contributed by atoms with Gasteiger partial charge in [-0.15, -0.1) is 0 Å². The minimum atomic E-state index is -3.57. The zero-order chi connectivity index (χ0) is 15.3. The Morgan fingerprint density at radius 3 is 2.71 bits per heavy atom. The second-order valence-electron chi connectivity index (χ2n) is 5.19. The Kier molecular flexibility index (Phi) is 5.95. The molecular formula is C13H21ClN4O2S. The van der Waals surface area contributed by atoms with Crippen LogP contribution in [0.15, 0.2) is 23.2 Å². The number of likely N-dealkylation sites (N-methyl/N-ethyl adjacent to an activating group) is 1. The maximum Gasteiger partial charge on any atom is 0.243 e. The number of rotatable bonds is 6. The van der Waals surface area contributed by atoms with Crippen LogP contribution in [0.2, 0.25) is 5.15 Å². The topological polar surface area (TPSA) is 65.5 Å². The number of nitrogens with one attached hydrogen (secondary N) is 1. The molecule has 1 aliphatic rings. The van der Waals surface area contributed by atoms with Crippen LogP contribution in [0, 0.1) is 0 Å². The summed E-state index contributed by atoms with van der Waals surface area (Å²) >= 11 is 5.81. The van der Waals surface area contributed by atoms with Gasteiger partial charge in [0.1, 0.15) is 10.0 Å². The van der Waals surface area contributed by atoms with Crippen LogP contribution in [0.3, 0.4) is 0 Å². The summed E-state index contributed by atoms with van der Waals surface area (Å²) in [5.41, 5.74) is 0. The maximum atomic E-state index is 12.1. The third-order valence-corrected chi connectivity index (χ3v) is 5.46. The molecule has 0 atom stereocenters. The summed E-state index contributed by atoms with van der Waals surface area (Å²) in [4.78, 5) is 8.47. The summed E-state index contributed by atoms with van der Waals surface area (Å²) in [6.07, 6.45) is 2.25. The van der Waals surface area contributed by atoms with Crippen LogP contribution in [0.25, 0.3) is 0 Å². The predicted octanol–water partition coefficient (Wildman–Crippen LogP) is 0.651. The van der Waals surface area contributed by atoms with Crippen molar-refractivity contribution in [2.45, 2.75) is 11.3 Å². The third-order valence-electron chi connectivity index (χ3n) is 3.55. The molecule has 1 aromatic rings. The second-order valence-corrected chi connectivity index (χ2v) is 7.28. The zero-order valence-electron chi connectivity index (χ0n) is 12.1. The van der Waals surface area contributed by atoms with Gasteiger partial charge in [-0.1, -0.05) is 11.6 Å². The van der Waals surface area contributed by atoms with Crippen LogP contribution in [0.4, 0.5) is 0 Å². The largest absolute Gasteiger partial charge is 0.304 e. The van der Waals surface area contributed by atoms with Crippen LogP contribution in [-0.4, -0.2) is 69.5 Å².